The summed E-state index contributed by atoms with van der Waals surface area (Å²) in [5, 5.41) is 9.34. The molecule has 12 heavy (non-hydrogen) atoms. The molecule has 0 spiro atoms. The van der Waals surface area contributed by atoms with Crippen molar-refractivity contribution in [2.75, 3.05) is 6.54 Å². The van der Waals surface area contributed by atoms with Crippen molar-refractivity contribution in [1.29, 1.82) is 0 Å². The van der Waals surface area contributed by atoms with Crippen LogP contribution in [0.25, 0.3) is 4.85 Å². The average Bonchev–Trinajstić information content (AvgIpc) is 2.06. The Kier molecular flexibility index (Phi) is 2.78. The number of pyridine rings is 1. The lowest BCUT2D eigenvalue weighted by atomic mass is 10.2. The van der Waals surface area contributed by atoms with E-state index >= 15 is 0 Å². The molecule has 0 amide bonds. The number of aliphatic hydroxyl groups excluding tert-OH is 1. The Labute approximate surface area is 71.5 Å². The second-order valence-electron chi connectivity index (χ2n) is 2.62. The van der Waals surface area contributed by atoms with Crippen molar-refractivity contribution in [3.8, 4) is 0 Å². The van der Waals surface area contributed by atoms with Gasteiger partial charge in [-0.15, -0.1) is 0 Å². The first-order valence-corrected chi connectivity index (χ1v) is 3.68. The fraction of sp³-hybridized carbons (Fsp3) is 0.333. The van der Waals surface area contributed by atoms with Crippen LogP contribution in [0.5, 0.6) is 0 Å². The fourth-order valence-electron chi connectivity index (χ4n) is 0.856. The molecule has 0 aliphatic heterocycles. The monoisotopic (exact) mass is 162 g/mol. The molecule has 0 radical (unpaired) electrons. The average molecular weight is 162 g/mol. The van der Waals surface area contributed by atoms with E-state index in [1.807, 2.05) is 13.0 Å². The second-order valence-corrected chi connectivity index (χ2v) is 2.62. The molecule has 0 saturated carbocycles. The van der Waals surface area contributed by atoms with Crippen LogP contribution in [-0.4, -0.2) is 16.6 Å². The van der Waals surface area contributed by atoms with Crippen LogP contribution in [0.1, 0.15) is 17.4 Å². The number of aryl methyl sites for hydroxylation is 1. The van der Waals surface area contributed by atoms with E-state index in [1.165, 1.54) is 0 Å². The van der Waals surface area contributed by atoms with Crippen LogP contribution in [-0.2, 0) is 0 Å². The first kappa shape index (κ1) is 8.69. The summed E-state index contributed by atoms with van der Waals surface area (Å²) in [6.45, 7) is 8.57. The van der Waals surface area contributed by atoms with Gasteiger partial charge in [-0.3, -0.25) is 4.98 Å². The lowest BCUT2D eigenvalue weighted by Gasteiger charge is -2.02. The highest BCUT2D eigenvalue weighted by Crippen LogP contribution is 2.09. The van der Waals surface area contributed by atoms with Gasteiger partial charge in [-0.2, -0.15) is 0 Å². The Balaban J connectivity index is 2.76. The van der Waals surface area contributed by atoms with Crippen LogP contribution in [0.2, 0.25) is 0 Å². The number of hydrogen-bond donors (Lipinski definition) is 1. The highest BCUT2D eigenvalue weighted by Gasteiger charge is 2.10. The molecule has 62 valence electrons. The maximum Gasteiger partial charge on any atom is 0.245 e. The molecule has 1 aromatic rings. The summed E-state index contributed by atoms with van der Waals surface area (Å²) in [7, 11) is 0. The molecule has 0 aliphatic rings. The molecule has 1 unspecified atom stereocenters. The highest BCUT2D eigenvalue weighted by atomic mass is 16.3. The molecule has 0 aromatic carbocycles. The Morgan fingerprint density at radius 1 is 1.67 bits per heavy atom. The van der Waals surface area contributed by atoms with Crippen LogP contribution >= 0.6 is 0 Å². The molecule has 3 heteroatoms. The first-order valence-electron chi connectivity index (χ1n) is 3.68. The van der Waals surface area contributed by atoms with E-state index in [0.717, 1.165) is 5.56 Å². The topological polar surface area (TPSA) is 37.5 Å². The number of aliphatic hydroxyl groups is 1. The number of hydrogen-bond acceptors (Lipinski definition) is 2. The Hall–Kier alpha value is -1.40. The predicted molar refractivity (Wildman–Crippen MR) is 45.4 cm³/mol. The summed E-state index contributed by atoms with van der Waals surface area (Å²) in [5.41, 5.74) is 1.62. The van der Waals surface area contributed by atoms with Crippen LogP contribution in [0.4, 0.5) is 0 Å². The highest BCUT2D eigenvalue weighted by molar-refractivity contribution is 5.14. The zero-order valence-electron chi connectivity index (χ0n) is 6.86. The maximum absolute atomic E-state index is 9.34. The van der Waals surface area contributed by atoms with Gasteiger partial charge in [-0.25, -0.2) is 6.57 Å². The molecule has 0 bridgehead atoms. The van der Waals surface area contributed by atoms with E-state index in [1.54, 1.807) is 12.3 Å². The van der Waals surface area contributed by atoms with Crippen molar-refractivity contribution >= 4 is 0 Å². The minimum absolute atomic E-state index is 0.0794. The van der Waals surface area contributed by atoms with Crippen molar-refractivity contribution in [1.82, 2.24) is 4.98 Å². The smallest absolute Gasteiger partial charge is 0.245 e. The zero-order chi connectivity index (χ0) is 8.97. The standard InChI is InChI=1S/C9H10N2O/c1-7-3-4-8(11-5-7)9(12)6-10-2/h3-5,9,12H,6H2,1H3. The predicted octanol–water partition coefficient (Wildman–Crippen LogP) is 1.34. The quantitative estimate of drug-likeness (QED) is 0.666. The number of nitrogens with zero attached hydrogens (tertiary/aromatic N) is 2. The summed E-state index contributed by atoms with van der Waals surface area (Å²) in [6.07, 6.45) is 0.936. The van der Waals surface area contributed by atoms with Crippen LogP contribution in [0.3, 0.4) is 0 Å². The summed E-state index contributed by atoms with van der Waals surface area (Å²) in [6, 6.07) is 3.61. The molecular weight excluding hydrogens is 152 g/mol. The molecule has 1 rings (SSSR count). The molecular formula is C9H10N2O. The SMILES string of the molecule is [C-]#[N+]CC(O)c1ccc(C)cn1. The van der Waals surface area contributed by atoms with Gasteiger partial charge in [0.2, 0.25) is 6.54 Å². The van der Waals surface area contributed by atoms with E-state index in [9.17, 15) is 5.11 Å². The van der Waals surface area contributed by atoms with Gasteiger partial charge in [0.1, 0.15) is 0 Å². The van der Waals surface area contributed by atoms with E-state index in [-0.39, 0.29) is 6.54 Å². The molecule has 1 atom stereocenters. The molecule has 1 N–H and O–H groups in total. The maximum atomic E-state index is 9.34. The van der Waals surface area contributed by atoms with E-state index in [0.29, 0.717) is 5.69 Å². The second kappa shape index (κ2) is 3.84. The minimum Gasteiger partial charge on any atom is -0.379 e. The number of rotatable bonds is 2. The minimum atomic E-state index is -0.747. The third-order valence-corrected chi connectivity index (χ3v) is 1.54. The summed E-state index contributed by atoms with van der Waals surface area (Å²) in [5.74, 6) is 0. The Morgan fingerprint density at radius 3 is 2.92 bits per heavy atom. The van der Waals surface area contributed by atoms with Gasteiger partial charge in [0, 0.05) is 6.20 Å². The molecule has 3 nitrogen and oxygen atoms in total. The molecule has 0 fully saturated rings. The largest absolute Gasteiger partial charge is 0.379 e. The van der Waals surface area contributed by atoms with Crippen molar-refractivity contribution in [2.24, 2.45) is 0 Å². The van der Waals surface area contributed by atoms with Gasteiger partial charge in [-0.1, -0.05) is 6.07 Å². The van der Waals surface area contributed by atoms with Crippen LogP contribution < -0.4 is 0 Å². The summed E-state index contributed by atoms with van der Waals surface area (Å²) >= 11 is 0. The number of aromatic nitrogens is 1. The van der Waals surface area contributed by atoms with Gasteiger partial charge >= 0.3 is 0 Å². The van der Waals surface area contributed by atoms with E-state index in [4.69, 9.17) is 6.57 Å². The van der Waals surface area contributed by atoms with E-state index in [2.05, 4.69) is 9.83 Å². The molecule has 1 aromatic heterocycles. The summed E-state index contributed by atoms with van der Waals surface area (Å²) in [4.78, 5) is 7.10. The van der Waals surface area contributed by atoms with Gasteiger partial charge in [0.25, 0.3) is 0 Å². The summed E-state index contributed by atoms with van der Waals surface area (Å²) < 4.78 is 0. The van der Waals surface area contributed by atoms with Crippen molar-refractivity contribution in [3.05, 3.63) is 41.0 Å². The first-order chi connectivity index (χ1) is 5.74. The Morgan fingerprint density at radius 2 is 2.42 bits per heavy atom. The lowest BCUT2D eigenvalue weighted by Crippen LogP contribution is -2.02. The van der Waals surface area contributed by atoms with E-state index < -0.39 is 6.10 Å². The third-order valence-electron chi connectivity index (χ3n) is 1.54. The normalized spacial score (nSPS) is 12.1. The van der Waals surface area contributed by atoms with Crippen molar-refractivity contribution in [2.45, 2.75) is 13.0 Å². The molecule has 1 heterocycles. The van der Waals surface area contributed by atoms with Crippen LogP contribution in [0, 0.1) is 13.5 Å². The lowest BCUT2D eigenvalue weighted by molar-refractivity contribution is 0.190. The molecule has 0 aliphatic carbocycles. The van der Waals surface area contributed by atoms with Gasteiger partial charge in [0.15, 0.2) is 6.10 Å². The zero-order valence-corrected chi connectivity index (χ0v) is 6.86. The van der Waals surface area contributed by atoms with Crippen molar-refractivity contribution in [3.63, 3.8) is 0 Å². The van der Waals surface area contributed by atoms with Crippen molar-refractivity contribution < 1.29 is 5.11 Å². The fourth-order valence-corrected chi connectivity index (χ4v) is 0.856. The Bertz CT molecular complexity index is 286. The molecule has 0 saturated heterocycles. The van der Waals surface area contributed by atoms with Crippen LogP contribution in [0.15, 0.2) is 18.3 Å². The third kappa shape index (κ3) is 2.04. The van der Waals surface area contributed by atoms with Gasteiger partial charge < -0.3 is 9.95 Å². The van der Waals surface area contributed by atoms with Gasteiger partial charge in [0.05, 0.1) is 5.69 Å². The van der Waals surface area contributed by atoms with Gasteiger partial charge in [-0.05, 0) is 18.6 Å².